The SMILES string of the molecule is c1ccc(-n2ccc3cc4c(cc32)c2cc(-c3ccc(N(c5ccc(-c6ccncc6)cc5)c5ccc6c(c5)C(c5ccccc5)(c5ccccc5)c5ccccc5-6)cc3)ccc2n4-c2ccccc2)cc1. The van der Waals surface area contributed by atoms with Crippen molar-refractivity contribution in [2.45, 2.75) is 5.41 Å². The van der Waals surface area contributed by atoms with Gasteiger partial charge in [-0.2, -0.15) is 0 Å². The topological polar surface area (TPSA) is 26.0 Å². The van der Waals surface area contributed by atoms with Gasteiger partial charge in [-0.1, -0.05) is 158 Å². The van der Waals surface area contributed by atoms with Crippen LogP contribution in [0.5, 0.6) is 0 Å². The van der Waals surface area contributed by atoms with Gasteiger partial charge >= 0.3 is 0 Å². The Labute approximate surface area is 418 Å². The molecule has 0 bridgehead atoms. The van der Waals surface area contributed by atoms with E-state index in [0.29, 0.717) is 0 Å². The fourth-order valence-electron chi connectivity index (χ4n) is 11.7. The van der Waals surface area contributed by atoms with Crippen LogP contribution in [-0.4, -0.2) is 14.1 Å². The summed E-state index contributed by atoms with van der Waals surface area (Å²) in [5.74, 6) is 0. The van der Waals surface area contributed by atoms with Gasteiger partial charge in [-0.25, -0.2) is 0 Å². The summed E-state index contributed by atoms with van der Waals surface area (Å²) < 4.78 is 4.71. The molecule has 1 aliphatic rings. The molecule has 0 saturated heterocycles. The van der Waals surface area contributed by atoms with Crippen molar-refractivity contribution in [3.63, 3.8) is 0 Å². The van der Waals surface area contributed by atoms with Crippen LogP contribution in [0.25, 0.3) is 77.5 Å². The first-order valence-electron chi connectivity index (χ1n) is 24.7. The molecule has 1 aliphatic carbocycles. The zero-order chi connectivity index (χ0) is 47.6. The summed E-state index contributed by atoms with van der Waals surface area (Å²) in [6.07, 6.45) is 5.89. The van der Waals surface area contributed by atoms with E-state index in [-0.39, 0.29) is 0 Å². The van der Waals surface area contributed by atoms with Crippen molar-refractivity contribution >= 4 is 49.8 Å². The third-order valence-electron chi connectivity index (χ3n) is 14.9. The number of para-hydroxylation sites is 2. The predicted molar refractivity (Wildman–Crippen MR) is 298 cm³/mol. The van der Waals surface area contributed by atoms with E-state index in [2.05, 4.69) is 286 Å². The van der Waals surface area contributed by atoms with Crippen molar-refractivity contribution in [3.05, 3.63) is 302 Å². The minimum absolute atomic E-state index is 0.524. The average Bonchev–Trinajstić information content (AvgIpc) is 4.12. The van der Waals surface area contributed by atoms with Crippen molar-refractivity contribution in [3.8, 4) is 44.8 Å². The predicted octanol–water partition coefficient (Wildman–Crippen LogP) is 17.3. The number of anilines is 3. The molecular weight excluding hydrogens is 873 g/mol. The van der Waals surface area contributed by atoms with Gasteiger partial charge in [0.05, 0.1) is 22.0 Å². The lowest BCUT2D eigenvalue weighted by Gasteiger charge is -2.35. The Morgan fingerprint density at radius 2 is 0.875 bits per heavy atom. The number of benzene rings is 10. The fourth-order valence-corrected chi connectivity index (χ4v) is 11.7. The van der Waals surface area contributed by atoms with E-state index in [4.69, 9.17) is 0 Å². The van der Waals surface area contributed by atoms with Gasteiger partial charge in [-0.3, -0.25) is 4.98 Å². The third kappa shape index (κ3) is 6.57. The van der Waals surface area contributed by atoms with Crippen molar-refractivity contribution in [1.82, 2.24) is 14.1 Å². The molecule has 338 valence electrons. The average molecular weight is 919 g/mol. The van der Waals surface area contributed by atoms with Crippen LogP contribution < -0.4 is 4.90 Å². The molecule has 0 N–H and O–H groups in total. The lowest BCUT2D eigenvalue weighted by Crippen LogP contribution is -2.28. The zero-order valence-electron chi connectivity index (χ0n) is 39.3. The molecule has 4 nitrogen and oxygen atoms in total. The number of rotatable bonds is 9. The summed E-state index contributed by atoms with van der Waals surface area (Å²) in [5.41, 5.74) is 20.7. The number of aromatic nitrogens is 3. The molecule has 72 heavy (non-hydrogen) atoms. The molecule has 0 amide bonds. The van der Waals surface area contributed by atoms with Gasteiger partial charge in [0, 0.05) is 63.2 Å². The van der Waals surface area contributed by atoms with Crippen LogP contribution in [0.15, 0.2) is 279 Å². The molecule has 0 atom stereocenters. The summed E-state index contributed by atoms with van der Waals surface area (Å²) in [6.45, 7) is 0. The van der Waals surface area contributed by atoms with Crippen LogP contribution >= 0.6 is 0 Å². The second-order valence-electron chi connectivity index (χ2n) is 18.8. The van der Waals surface area contributed by atoms with Crippen LogP contribution in [0.2, 0.25) is 0 Å². The lowest BCUT2D eigenvalue weighted by molar-refractivity contribution is 0.768. The van der Waals surface area contributed by atoms with Crippen LogP contribution in [0.1, 0.15) is 22.3 Å². The van der Waals surface area contributed by atoms with Crippen molar-refractivity contribution in [1.29, 1.82) is 0 Å². The highest BCUT2D eigenvalue weighted by Gasteiger charge is 2.46. The maximum atomic E-state index is 4.28. The molecule has 0 fully saturated rings. The van der Waals surface area contributed by atoms with Crippen molar-refractivity contribution in [2.24, 2.45) is 0 Å². The van der Waals surface area contributed by atoms with Gasteiger partial charge in [-0.05, 0) is 159 Å². The molecule has 14 rings (SSSR count). The quantitative estimate of drug-likeness (QED) is 0.144. The molecule has 4 heteroatoms. The van der Waals surface area contributed by atoms with Crippen LogP contribution in [0.4, 0.5) is 17.1 Å². The van der Waals surface area contributed by atoms with Crippen molar-refractivity contribution < 1.29 is 0 Å². The minimum Gasteiger partial charge on any atom is -0.317 e. The largest absolute Gasteiger partial charge is 0.317 e. The number of hydrogen-bond acceptors (Lipinski definition) is 2. The lowest BCUT2D eigenvalue weighted by atomic mass is 9.67. The number of nitrogens with zero attached hydrogens (tertiary/aromatic N) is 4. The highest BCUT2D eigenvalue weighted by atomic mass is 15.1. The Kier molecular flexibility index (Phi) is 9.71. The van der Waals surface area contributed by atoms with Gasteiger partial charge < -0.3 is 14.0 Å². The first-order valence-corrected chi connectivity index (χ1v) is 24.7. The van der Waals surface area contributed by atoms with Gasteiger partial charge in [0.2, 0.25) is 0 Å². The molecule has 0 saturated carbocycles. The summed E-state index contributed by atoms with van der Waals surface area (Å²) in [4.78, 5) is 6.69. The Hall–Kier alpha value is -9.51. The number of hydrogen-bond donors (Lipinski definition) is 0. The van der Waals surface area contributed by atoms with Crippen LogP contribution in [-0.2, 0) is 5.41 Å². The van der Waals surface area contributed by atoms with E-state index in [9.17, 15) is 0 Å². The Morgan fingerprint density at radius 3 is 1.54 bits per heavy atom. The van der Waals surface area contributed by atoms with Gasteiger partial charge in [0.25, 0.3) is 0 Å². The molecule has 10 aromatic carbocycles. The second kappa shape index (κ2) is 16.9. The van der Waals surface area contributed by atoms with Gasteiger partial charge in [0.1, 0.15) is 0 Å². The van der Waals surface area contributed by atoms with Gasteiger partial charge in [-0.15, -0.1) is 0 Å². The number of pyridine rings is 1. The minimum atomic E-state index is -0.524. The van der Waals surface area contributed by atoms with E-state index in [1.165, 1.54) is 71.7 Å². The van der Waals surface area contributed by atoms with Crippen LogP contribution in [0, 0.1) is 0 Å². The monoisotopic (exact) mass is 918 g/mol. The van der Waals surface area contributed by atoms with E-state index >= 15 is 0 Å². The van der Waals surface area contributed by atoms with Crippen molar-refractivity contribution in [2.75, 3.05) is 4.90 Å². The molecule has 3 heterocycles. The van der Waals surface area contributed by atoms with E-state index in [1.807, 2.05) is 12.4 Å². The highest BCUT2D eigenvalue weighted by molar-refractivity contribution is 6.14. The maximum absolute atomic E-state index is 4.28. The summed E-state index contributed by atoms with van der Waals surface area (Å²) in [5, 5.41) is 3.64. The normalized spacial score (nSPS) is 12.6. The highest BCUT2D eigenvalue weighted by Crippen LogP contribution is 2.57. The Bertz CT molecular complexity index is 4070. The van der Waals surface area contributed by atoms with E-state index in [1.54, 1.807) is 0 Å². The molecule has 0 radical (unpaired) electrons. The van der Waals surface area contributed by atoms with Gasteiger partial charge in [0.15, 0.2) is 0 Å². The third-order valence-corrected chi connectivity index (χ3v) is 14.9. The summed E-state index contributed by atoms with van der Waals surface area (Å²) >= 11 is 0. The summed E-state index contributed by atoms with van der Waals surface area (Å²) in [7, 11) is 0. The second-order valence-corrected chi connectivity index (χ2v) is 18.8. The Morgan fingerprint density at radius 1 is 0.347 bits per heavy atom. The molecule has 0 unspecified atom stereocenters. The molecule has 0 spiro atoms. The maximum Gasteiger partial charge on any atom is 0.0714 e. The number of fused-ring (bicyclic) bond motifs is 7. The molecular formula is C68H46N4. The van der Waals surface area contributed by atoms with E-state index < -0.39 is 5.41 Å². The van der Waals surface area contributed by atoms with Crippen LogP contribution in [0.3, 0.4) is 0 Å². The summed E-state index contributed by atoms with van der Waals surface area (Å²) in [6, 6.07) is 95.6. The Balaban J connectivity index is 0.924. The van der Waals surface area contributed by atoms with E-state index in [0.717, 1.165) is 45.1 Å². The molecule has 13 aromatic rings. The zero-order valence-corrected chi connectivity index (χ0v) is 39.3. The molecule has 0 aliphatic heterocycles. The fraction of sp³-hybridized carbons (Fsp3) is 0.0147. The first-order chi connectivity index (χ1) is 35.7. The molecule has 3 aromatic heterocycles. The standard InChI is InChI=1S/C68H46N4/c1-5-15-52(16-6-1)68(53-17-7-2-8-18-53)63-24-14-13-23-59(63)60-35-34-58(45-64(60)68)71(56-30-25-47(26-31-56)49-37-40-69-41-38-49)57-32-27-48(28-33-57)50-29-36-65-61(43-50)62-46-66-51(39-42-70(66)54-19-9-3-10-20-54)44-67(62)72(65)55-21-11-4-12-22-55/h1-46H. The first kappa shape index (κ1) is 41.5. The smallest absolute Gasteiger partial charge is 0.0714 e.